The fourth-order valence-electron chi connectivity index (χ4n) is 1.05. The first-order valence-electron chi connectivity index (χ1n) is 3.67. The van der Waals surface area contributed by atoms with E-state index in [2.05, 4.69) is 6.58 Å². The van der Waals surface area contributed by atoms with E-state index in [9.17, 15) is 4.79 Å². The van der Waals surface area contributed by atoms with Gasteiger partial charge in [0.2, 0.25) is 0 Å². The monoisotopic (exact) mass is 155 g/mol. The van der Waals surface area contributed by atoms with E-state index in [1.807, 2.05) is 13.8 Å². The Labute approximate surface area is 66.6 Å². The van der Waals surface area contributed by atoms with Gasteiger partial charge in [0.1, 0.15) is 5.76 Å². The van der Waals surface area contributed by atoms with Crippen LogP contribution in [0.15, 0.2) is 12.3 Å². The van der Waals surface area contributed by atoms with Gasteiger partial charge in [-0.2, -0.15) is 0 Å². The van der Waals surface area contributed by atoms with Crippen molar-refractivity contribution >= 4 is 6.09 Å². The lowest BCUT2D eigenvalue weighted by atomic mass is 10.00. The van der Waals surface area contributed by atoms with Crippen molar-refractivity contribution < 1.29 is 9.53 Å². The smallest absolute Gasteiger partial charge is 0.414 e. The highest BCUT2D eigenvalue weighted by atomic mass is 16.6. The molecule has 0 bridgehead atoms. The maximum atomic E-state index is 11.0. The average molecular weight is 155 g/mol. The third-order valence-electron chi connectivity index (χ3n) is 2.35. The Morgan fingerprint density at radius 2 is 2.09 bits per heavy atom. The largest absolute Gasteiger partial charge is 0.415 e. The Hall–Kier alpha value is -0.990. The Kier molecular flexibility index (Phi) is 1.89. The van der Waals surface area contributed by atoms with Gasteiger partial charge in [-0.15, -0.1) is 0 Å². The number of cyclic esters (lactones) is 1. The summed E-state index contributed by atoms with van der Waals surface area (Å²) in [5.74, 6) is 0.790. The maximum Gasteiger partial charge on any atom is 0.414 e. The van der Waals surface area contributed by atoms with Crippen LogP contribution in [0.3, 0.4) is 0 Å². The number of hydrogen-bond acceptors (Lipinski definition) is 2. The second kappa shape index (κ2) is 2.57. The Morgan fingerprint density at radius 3 is 2.64 bits per heavy atom. The van der Waals surface area contributed by atoms with Crippen LogP contribution < -0.4 is 0 Å². The van der Waals surface area contributed by atoms with Crippen LogP contribution in [0, 0.1) is 5.92 Å². The molecule has 0 saturated carbocycles. The van der Waals surface area contributed by atoms with Crippen LogP contribution in [0.25, 0.3) is 0 Å². The normalized spacial score (nSPS) is 32.1. The maximum absolute atomic E-state index is 11.0. The number of amides is 1. The summed E-state index contributed by atoms with van der Waals surface area (Å²) >= 11 is 0. The molecule has 1 fully saturated rings. The zero-order valence-electron chi connectivity index (χ0n) is 7.13. The first-order chi connectivity index (χ1) is 5.04. The predicted molar refractivity (Wildman–Crippen MR) is 42.0 cm³/mol. The van der Waals surface area contributed by atoms with Gasteiger partial charge in [-0.05, 0) is 6.92 Å². The molecular weight excluding hydrogens is 142 g/mol. The topological polar surface area (TPSA) is 29.5 Å². The van der Waals surface area contributed by atoms with Crippen LogP contribution in [0.4, 0.5) is 4.79 Å². The van der Waals surface area contributed by atoms with Crippen molar-refractivity contribution in [2.75, 3.05) is 7.05 Å². The van der Waals surface area contributed by atoms with Crippen molar-refractivity contribution in [3.8, 4) is 0 Å². The molecule has 1 heterocycles. The molecule has 2 atom stereocenters. The SMILES string of the molecule is C=C1OC(=O)N(C)C(C)C1C. The van der Waals surface area contributed by atoms with Crippen LogP contribution in [0.1, 0.15) is 13.8 Å². The molecule has 1 rings (SSSR count). The molecule has 0 aliphatic carbocycles. The van der Waals surface area contributed by atoms with Crippen LogP contribution in [-0.4, -0.2) is 24.1 Å². The molecule has 1 amide bonds. The van der Waals surface area contributed by atoms with Crippen LogP contribution in [0.5, 0.6) is 0 Å². The highest BCUT2D eigenvalue weighted by Crippen LogP contribution is 2.24. The molecule has 62 valence electrons. The van der Waals surface area contributed by atoms with Gasteiger partial charge < -0.3 is 9.64 Å². The second-order valence-corrected chi connectivity index (χ2v) is 2.97. The number of carbonyl (C=O) groups is 1. The number of nitrogens with zero attached hydrogens (tertiary/aromatic N) is 1. The molecule has 0 aromatic heterocycles. The van der Waals surface area contributed by atoms with E-state index in [0.29, 0.717) is 5.76 Å². The Balaban J connectivity index is 2.78. The molecule has 11 heavy (non-hydrogen) atoms. The number of ether oxygens (including phenoxy) is 1. The molecule has 0 radical (unpaired) electrons. The summed E-state index contributed by atoms with van der Waals surface area (Å²) in [6.45, 7) is 7.64. The minimum absolute atomic E-state index is 0.184. The van der Waals surface area contributed by atoms with Crippen LogP contribution in [-0.2, 0) is 4.74 Å². The summed E-state index contributed by atoms with van der Waals surface area (Å²) in [6, 6.07) is 0.184. The van der Waals surface area contributed by atoms with Crippen molar-refractivity contribution in [2.24, 2.45) is 5.92 Å². The number of rotatable bonds is 0. The fraction of sp³-hybridized carbons (Fsp3) is 0.625. The molecule has 3 heteroatoms. The number of carbonyl (C=O) groups excluding carboxylic acids is 1. The highest BCUT2D eigenvalue weighted by molar-refractivity contribution is 5.70. The first-order valence-corrected chi connectivity index (χ1v) is 3.67. The molecule has 1 aliphatic heterocycles. The summed E-state index contributed by atoms with van der Waals surface area (Å²) in [5.41, 5.74) is 0. The summed E-state index contributed by atoms with van der Waals surface area (Å²) in [7, 11) is 1.73. The van der Waals surface area contributed by atoms with E-state index in [1.165, 1.54) is 0 Å². The minimum Gasteiger partial charge on any atom is -0.415 e. The molecule has 0 N–H and O–H groups in total. The number of hydrogen-bond donors (Lipinski definition) is 0. The van der Waals surface area contributed by atoms with E-state index >= 15 is 0 Å². The second-order valence-electron chi connectivity index (χ2n) is 2.97. The first kappa shape index (κ1) is 8.11. The molecule has 0 aromatic rings. The average Bonchev–Trinajstić information content (AvgIpc) is 1.97. The molecule has 1 saturated heterocycles. The summed E-state index contributed by atoms with van der Waals surface area (Å²) in [5, 5.41) is 0. The zero-order chi connectivity index (χ0) is 8.59. The van der Waals surface area contributed by atoms with Crippen molar-refractivity contribution in [2.45, 2.75) is 19.9 Å². The van der Waals surface area contributed by atoms with Gasteiger partial charge in [-0.1, -0.05) is 13.5 Å². The van der Waals surface area contributed by atoms with Crippen molar-refractivity contribution in [1.29, 1.82) is 0 Å². The lowest BCUT2D eigenvalue weighted by molar-refractivity contribution is 0.0710. The minimum atomic E-state index is -0.305. The highest BCUT2D eigenvalue weighted by Gasteiger charge is 2.31. The van der Waals surface area contributed by atoms with Gasteiger partial charge in [-0.25, -0.2) is 4.79 Å². The quantitative estimate of drug-likeness (QED) is 0.532. The van der Waals surface area contributed by atoms with Gasteiger partial charge in [0.05, 0.1) is 0 Å². The third kappa shape index (κ3) is 1.23. The van der Waals surface area contributed by atoms with E-state index < -0.39 is 0 Å². The summed E-state index contributed by atoms with van der Waals surface area (Å²) < 4.78 is 4.87. The van der Waals surface area contributed by atoms with Crippen molar-refractivity contribution in [3.63, 3.8) is 0 Å². The Morgan fingerprint density at radius 1 is 1.55 bits per heavy atom. The molecule has 2 unspecified atom stereocenters. The fourth-order valence-corrected chi connectivity index (χ4v) is 1.05. The lowest BCUT2D eigenvalue weighted by Gasteiger charge is -2.35. The Bertz CT molecular complexity index is 180. The van der Waals surface area contributed by atoms with E-state index in [1.54, 1.807) is 11.9 Å². The van der Waals surface area contributed by atoms with E-state index in [-0.39, 0.29) is 18.1 Å². The van der Waals surface area contributed by atoms with E-state index in [0.717, 1.165) is 0 Å². The van der Waals surface area contributed by atoms with Gasteiger partial charge >= 0.3 is 6.09 Å². The van der Waals surface area contributed by atoms with Gasteiger partial charge in [0.25, 0.3) is 0 Å². The van der Waals surface area contributed by atoms with Crippen LogP contribution in [0.2, 0.25) is 0 Å². The van der Waals surface area contributed by atoms with Gasteiger partial charge in [0.15, 0.2) is 0 Å². The summed E-state index contributed by atoms with van der Waals surface area (Å²) in [4.78, 5) is 12.6. The standard InChI is InChI=1S/C8H13NO2/c1-5-6(2)9(4)8(10)11-7(5)3/h5-6H,3H2,1-2,4H3. The van der Waals surface area contributed by atoms with Crippen molar-refractivity contribution in [3.05, 3.63) is 12.3 Å². The predicted octanol–water partition coefficient (Wildman–Crippen LogP) is 1.61. The van der Waals surface area contributed by atoms with Crippen molar-refractivity contribution in [1.82, 2.24) is 4.90 Å². The third-order valence-corrected chi connectivity index (χ3v) is 2.35. The van der Waals surface area contributed by atoms with E-state index in [4.69, 9.17) is 4.74 Å². The molecule has 1 aliphatic rings. The molecule has 0 aromatic carbocycles. The molecular formula is C8H13NO2. The zero-order valence-corrected chi connectivity index (χ0v) is 7.13. The van der Waals surface area contributed by atoms with Gasteiger partial charge in [-0.3, -0.25) is 0 Å². The molecule has 0 spiro atoms. The van der Waals surface area contributed by atoms with Gasteiger partial charge in [0, 0.05) is 19.0 Å². The lowest BCUT2D eigenvalue weighted by Crippen LogP contribution is -2.44. The summed E-state index contributed by atoms with van der Waals surface area (Å²) in [6.07, 6.45) is -0.305. The van der Waals surface area contributed by atoms with Crippen LogP contribution >= 0.6 is 0 Å². The molecule has 3 nitrogen and oxygen atoms in total.